The number of nitrogens with zero attached hydrogens (tertiary/aromatic N) is 1. The first-order valence-electron chi connectivity index (χ1n) is 5.30. The molecule has 0 unspecified atom stereocenters. The highest BCUT2D eigenvalue weighted by molar-refractivity contribution is 5.43. The van der Waals surface area contributed by atoms with Crippen molar-refractivity contribution >= 4 is 5.69 Å². The molecule has 0 amide bonds. The average Bonchev–Trinajstić information content (AvgIpc) is 2.16. The van der Waals surface area contributed by atoms with Gasteiger partial charge in [0.2, 0.25) is 0 Å². The van der Waals surface area contributed by atoms with Crippen molar-refractivity contribution in [1.29, 1.82) is 0 Å². The van der Waals surface area contributed by atoms with E-state index in [0.29, 0.717) is 12.3 Å². The van der Waals surface area contributed by atoms with Crippen LogP contribution in [0.25, 0.3) is 0 Å². The Balaban J connectivity index is 3.05. The molecule has 0 N–H and O–H groups in total. The smallest absolute Gasteiger partial charge is 0.258 e. The molecule has 0 aromatic heterocycles. The van der Waals surface area contributed by atoms with Crippen LogP contribution in [0.4, 0.5) is 5.69 Å². The van der Waals surface area contributed by atoms with Gasteiger partial charge in [-0.25, -0.2) is 0 Å². The van der Waals surface area contributed by atoms with Crippen LogP contribution < -0.4 is 0 Å². The summed E-state index contributed by atoms with van der Waals surface area (Å²) < 4.78 is 0. The van der Waals surface area contributed by atoms with Crippen molar-refractivity contribution < 1.29 is 4.92 Å². The van der Waals surface area contributed by atoms with Gasteiger partial charge < -0.3 is 0 Å². The largest absolute Gasteiger partial charge is 0.272 e. The molecular weight excluding hydrogens is 190 g/mol. The van der Waals surface area contributed by atoms with E-state index in [9.17, 15) is 10.1 Å². The maximum absolute atomic E-state index is 10.8. The maximum atomic E-state index is 10.8. The monoisotopic (exact) mass is 207 g/mol. The van der Waals surface area contributed by atoms with E-state index in [-0.39, 0.29) is 10.6 Å². The summed E-state index contributed by atoms with van der Waals surface area (Å²) in [6.07, 6.45) is 1.60. The van der Waals surface area contributed by atoms with Crippen LogP contribution in [0.1, 0.15) is 31.9 Å². The lowest BCUT2D eigenvalue weighted by Gasteiger charge is -2.06. The SMILES string of the molecule is CCc1ccc(CC(C)C)cc1[N+](=O)[O-]. The molecule has 0 radical (unpaired) electrons. The standard InChI is InChI=1S/C12H17NO2/c1-4-11-6-5-10(7-9(2)3)8-12(11)13(14)15/h5-6,8-9H,4,7H2,1-3H3. The topological polar surface area (TPSA) is 43.1 Å². The van der Waals surface area contributed by atoms with Crippen LogP contribution in [0.3, 0.4) is 0 Å². The molecule has 82 valence electrons. The highest BCUT2D eigenvalue weighted by Gasteiger charge is 2.13. The third-order valence-corrected chi connectivity index (χ3v) is 2.37. The zero-order chi connectivity index (χ0) is 11.4. The van der Waals surface area contributed by atoms with Gasteiger partial charge >= 0.3 is 0 Å². The molecule has 15 heavy (non-hydrogen) atoms. The summed E-state index contributed by atoms with van der Waals surface area (Å²) in [6.45, 7) is 6.16. The van der Waals surface area contributed by atoms with E-state index in [0.717, 1.165) is 17.5 Å². The summed E-state index contributed by atoms with van der Waals surface area (Å²) in [5.41, 5.74) is 2.12. The van der Waals surface area contributed by atoms with Gasteiger partial charge in [0.25, 0.3) is 5.69 Å². The molecule has 0 atom stereocenters. The minimum atomic E-state index is -0.289. The lowest BCUT2D eigenvalue weighted by molar-refractivity contribution is -0.385. The van der Waals surface area contributed by atoms with E-state index in [1.807, 2.05) is 19.1 Å². The molecule has 3 nitrogen and oxygen atoms in total. The molecule has 1 rings (SSSR count). The lowest BCUT2D eigenvalue weighted by atomic mass is 10.00. The first-order valence-corrected chi connectivity index (χ1v) is 5.30. The van der Waals surface area contributed by atoms with Crippen molar-refractivity contribution in [3.05, 3.63) is 39.4 Å². The lowest BCUT2D eigenvalue weighted by Crippen LogP contribution is -1.99. The predicted octanol–water partition coefficient (Wildman–Crippen LogP) is 3.36. The molecule has 1 aromatic carbocycles. The summed E-state index contributed by atoms with van der Waals surface area (Å²) >= 11 is 0. The zero-order valence-corrected chi connectivity index (χ0v) is 9.49. The summed E-state index contributed by atoms with van der Waals surface area (Å²) in [6, 6.07) is 5.57. The van der Waals surface area contributed by atoms with Crippen LogP contribution in [-0.2, 0) is 12.8 Å². The Bertz CT molecular complexity index is 359. The van der Waals surface area contributed by atoms with Crippen molar-refractivity contribution in [2.45, 2.75) is 33.6 Å². The highest BCUT2D eigenvalue weighted by Crippen LogP contribution is 2.22. The minimum Gasteiger partial charge on any atom is -0.258 e. The van der Waals surface area contributed by atoms with Gasteiger partial charge in [-0.15, -0.1) is 0 Å². The van der Waals surface area contributed by atoms with Crippen LogP contribution in [0.2, 0.25) is 0 Å². The van der Waals surface area contributed by atoms with Gasteiger partial charge in [-0.3, -0.25) is 10.1 Å². The van der Waals surface area contributed by atoms with E-state index in [4.69, 9.17) is 0 Å². The second-order valence-electron chi connectivity index (χ2n) is 4.17. The Labute approximate surface area is 90.3 Å². The number of aryl methyl sites for hydroxylation is 1. The van der Waals surface area contributed by atoms with Crippen molar-refractivity contribution in [2.24, 2.45) is 5.92 Å². The Morgan fingerprint density at radius 3 is 2.53 bits per heavy atom. The third-order valence-electron chi connectivity index (χ3n) is 2.37. The van der Waals surface area contributed by atoms with Crippen LogP contribution in [0, 0.1) is 16.0 Å². The molecule has 0 aliphatic carbocycles. The van der Waals surface area contributed by atoms with Gasteiger partial charge in [0.1, 0.15) is 0 Å². The fourth-order valence-electron chi connectivity index (χ4n) is 1.68. The van der Waals surface area contributed by atoms with Gasteiger partial charge in [-0.2, -0.15) is 0 Å². The first kappa shape index (κ1) is 11.7. The molecule has 0 heterocycles. The van der Waals surface area contributed by atoms with Crippen LogP contribution >= 0.6 is 0 Å². The second-order valence-corrected chi connectivity index (χ2v) is 4.17. The van der Waals surface area contributed by atoms with Crippen molar-refractivity contribution in [3.63, 3.8) is 0 Å². The summed E-state index contributed by atoms with van der Waals surface area (Å²) in [5.74, 6) is 0.525. The Kier molecular flexibility index (Phi) is 3.83. The van der Waals surface area contributed by atoms with E-state index < -0.39 is 0 Å². The van der Waals surface area contributed by atoms with E-state index in [1.54, 1.807) is 6.07 Å². The molecule has 0 aliphatic rings. The van der Waals surface area contributed by atoms with Gasteiger partial charge in [0.05, 0.1) is 4.92 Å². The third kappa shape index (κ3) is 3.05. The molecule has 0 spiro atoms. The van der Waals surface area contributed by atoms with Gasteiger partial charge in [0.15, 0.2) is 0 Å². The number of benzene rings is 1. The molecule has 0 bridgehead atoms. The van der Waals surface area contributed by atoms with Crippen molar-refractivity contribution in [2.75, 3.05) is 0 Å². The van der Waals surface area contributed by atoms with Gasteiger partial charge in [-0.1, -0.05) is 32.9 Å². The van der Waals surface area contributed by atoms with E-state index >= 15 is 0 Å². The highest BCUT2D eigenvalue weighted by atomic mass is 16.6. The minimum absolute atomic E-state index is 0.260. The molecular formula is C12H17NO2. The quantitative estimate of drug-likeness (QED) is 0.561. The maximum Gasteiger partial charge on any atom is 0.272 e. The number of hydrogen-bond acceptors (Lipinski definition) is 2. The number of hydrogen-bond donors (Lipinski definition) is 0. The Hall–Kier alpha value is -1.38. The molecule has 0 saturated carbocycles. The fourth-order valence-corrected chi connectivity index (χ4v) is 1.68. The molecule has 0 aliphatic heterocycles. The van der Waals surface area contributed by atoms with Crippen LogP contribution in [-0.4, -0.2) is 4.92 Å². The molecule has 1 aromatic rings. The summed E-state index contributed by atoms with van der Waals surface area (Å²) in [5, 5.41) is 10.8. The number of nitro groups is 1. The van der Waals surface area contributed by atoms with Crippen LogP contribution in [0.5, 0.6) is 0 Å². The Morgan fingerprint density at radius 1 is 1.40 bits per heavy atom. The molecule has 3 heteroatoms. The normalized spacial score (nSPS) is 10.7. The van der Waals surface area contributed by atoms with Crippen molar-refractivity contribution in [1.82, 2.24) is 0 Å². The fraction of sp³-hybridized carbons (Fsp3) is 0.500. The molecule has 0 fully saturated rings. The number of rotatable bonds is 4. The van der Waals surface area contributed by atoms with Gasteiger partial charge in [0, 0.05) is 11.6 Å². The summed E-state index contributed by atoms with van der Waals surface area (Å²) in [4.78, 5) is 10.5. The first-order chi connectivity index (χ1) is 7.04. The molecule has 0 saturated heterocycles. The Morgan fingerprint density at radius 2 is 2.07 bits per heavy atom. The average molecular weight is 207 g/mol. The zero-order valence-electron chi connectivity index (χ0n) is 9.49. The van der Waals surface area contributed by atoms with E-state index in [2.05, 4.69) is 13.8 Å². The van der Waals surface area contributed by atoms with Gasteiger partial charge in [-0.05, 0) is 24.3 Å². The van der Waals surface area contributed by atoms with E-state index in [1.165, 1.54) is 0 Å². The predicted molar refractivity (Wildman–Crippen MR) is 61.0 cm³/mol. The summed E-state index contributed by atoms with van der Waals surface area (Å²) in [7, 11) is 0. The second kappa shape index (κ2) is 4.91. The number of nitro benzene ring substituents is 1. The van der Waals surface area contributed by atoms with Crippen molar-refractivity contribution in [3.8, 4) is 0 Å². The van der Waals surface area contributed by atoms with Crippen LogP contribution in [0.15, 0.2) is 18.2 Å².